The van der Waals surface area contributed by atoms with Gasteiger partial charge in [-0.25, -0.2) is 0 Å². The van der Waals surface area contributed by atoms with Gasteiger partial charge in [0, 0.05) is 12.8 Å². The van der Waals surface area contributed by atoms with E-state index in [1.807, 2.05) is 6.08 Å². The lowest BCUT2D eigenvalue weighted by Gasteiger charge is -2.20. The highest BCUT2D eigenvalue weighted by atomic mass is 16.5. The molecule has 0 rings (SSSR count). The molecule has 3 N–H and O–H groups in total. The fourth-order valence-electron chi connectivity index (χ4n) is 11.1. The third-order valence-electron chi connectivity index (χ3n) is 16.6. The Balaban J connectivity index is 3.44. The Kier molecular flexibility index (Phi) is 67.4. The number of amides is 1. The van der Waals surface area contributed by atoms with Gasteiger partial charge in [0.1, 0.15) is 0 Å². The van der Waals surface area contributed by atoms with Crippen LogP contribution >= 0.6 is 0 Å². The number of carbonyl (C=O) groups is 2. The second-order valence-electron chi connectivity index (χ2n) is 24.6. The maximum absolute atomic E-state index is 12.5. The molecule has 6 heteroatoms. The van der Waals surface area contributed by atoms with Gasteiger partial charge in [-0.2, -0.15) is 0 Å². The number of aliphatic hydroxyl groups is 2. The molecule has 1 amide bonds. The Labute approximate surface area is 499 Å². The fourth-order valence-corrected chi connectivity index (χ4v) is 11.1. The van der Waals surface area contributed by atoms with Gasteiger partial charge >= 0.3 is 5.97 Å². The summed E-state index contributed by atoms with van der Waals surface area (Å²) in [4.78, 5) is 24.5. The minimum atomic E-state index is -0.847. The monoisotopic (exact) mass is 1120 g/mol. The van der Waals surface area contributed by atoms with E-state index in [1.54, 1.807) is 6.08 Å². The van der Waals surface area contributed by atoms with Crippen LogP contribution < -0.4 is 5.32 Å². The van der Waals surface area contributed by atoms with Gasteiger partial charge in [-0.05, 0) is 89.9 Å². The zero-order chi connectivity index (χ0) is 57.8. The first-order chi connectivity index (χ1) is 39.5. The number of esters is 1. The van der Waals surface area contributed by atoms with Crippen molar-refractivity contribution in [3.05, 3.63) is 48.6 Å². The second kappa shape index (κ2) is 69.3. The number of unbranched alkanes of at least 4 members (excludes halogenated alkanes) is 50. The van der Waals surface area contributed by atoms with E-state index >= 15 is 0 Å². The molecule has 0 aromatic rings. The van der Waals surface area contributed by atoms with E-state index in [0.717, 1.165) is 51.4 Å². The number of allylic oxidation sites excluding steroid dienone is 7. The number of ether oxygens (including phenoxy) is 1. The van der Waals surface area contributed by atoms with Crippen molar-refractivity contribution in [2.45, 2.75) is 398 Å². The van der Waals surface area contributed by atoms with Gasteiger partial charge in [0.15, 0.2) is 0 Å². The fraction of sp³-hybridized carbons (Fsp3) is 0.865. The molecule has 0 aromatic carbocycles. The smallest absolute Gasteiger partial charge is 0.305 e. The van der Waals surface area contributed by atoms with Gasteiger partial charge in [-0.3, -0.25) is 9.59 Å². The minimum absolute atomic E-state index is 0.00166. The molecule has 2 atom stereocenters. The van der Waals surface area contributed by atoms with Crippen LogP contribution in [0.15, 0.2) is 48.6 Å². The van der Waals surface area contributed by atoms with Crippen LogP contribution in [0.1, 0.15) is 386 Å². The highest BCUT2D eigenvalue weighted by molar-refractivity contribution is 5.76. The predicted octanol–water partition coefficient (Wildman–Crippen LogP) is 23.3. The first-order valence-corrected chi connectivity index (χ1v) is 35.9. The Morgan fingerprint density at radius 3 is 0.988 bits per heavy atom. The van der Waals surface area contributed by atoms with Crippen LogP contribution in [0.5, 0.6) is 0 Å². The average Bonchev–Trinajstić information content (AvgIpc) is 3.46. The van der Waals surface area contributed by atoms with Crippen LogP contribution in [0.3, 0.4) is 0 Å². The first-order valence-electron chi connectivity index (χ1n) is 35.9. The minimum Gasteiger partial charge on any atom is -0.466 e. The van der Waals surface area contributed by atoms with E-state index in [2.05, 4.69) is 55.6 Å². The summed E-state index contributed by atoms with van der Waals surface area (Å²) in [6.45, 7) is 4.90. The van der Waals surface area contributed by atoms with Crippen molar-refractivity contribution >= 4 is 11.9 Å². The van der Waals surface area contributed by atoms with E-state index in [1.165, 1.54) is 308 Å². The van der Waals surface area contributed by atoms with Crippen molar-refractivity contribution in [2.75, 3.05) is 13.2 Å². The summed E-state index contributed by atoms with van der Waals surface area (Å²) in [5.74, 6) is -0.0639. The number of aliphatic hydroxyl groups excluding tert-OH is 2. The maximum Gasteiger partial charge on any atom is 0.305 e. The molecule has 80 heavy (non-hydrogen) atoms. The lowest BCUT2D eigenvalue weighted by Crippen LogP contribution is -2.45. The van der Waals surface area contributed by atoms with Crippen LogP contribution in [0.2, 0.25) is 0 Å². The second-order valence-corrected chi connectivity index (χ2v) is 24.6. The number of carbonyl (C=O) groups excluding carboxylic acids is 2. The Morgan fingerprint density at radius 2 is 0.625 bits per heavy atom. The van der Waals surface area contributed by atoms with Gasteiger partial charge in [-0.1, -0.05) is 332 Å². The van der Waals surface area contributed by atoms with Crippen molar-refractivity contribution in [3.63, 3.8) is 0 Å². The van der Waals surface area contributed by atoms with Gasteiger partial charge in [0.2, 0.25) is 5.91 Å². The lowest BCUT2D eigenvalue weighted by atomic mass is 10.0. The van der Waals surface area contributed by atoms with Crippen LogP contribution in [-0.2, 0) is 14.3 Å². The van der Waals surface area contributed by atoms with Crippen molar-refractivity contribution in [2.24, 2.45) is 0 Å². The van der Waals surface area contributed by atoms with Crippen molar-refractivity contribution in [1.29, 1.82) is 0 Å². The molecule has 0 fully saturated rings. The van der Waals surface area contributed by atoms with Crippen molar-refractivity contribution in [3.8, 4) is 0 Å². The normalized spacial score (nSPS) is 12.8. The summed E-state index contributed by atoms with van der Waals surface area (Å²) < 4.78 is 5.47. The molecular weight excluding hydrogens is 983 g/mol. The summed E-state index contributed by atoms with van der Waals surface area (Å²) in [6.07, 6.45) is 90.5. The zero-order valence-electron chi connectivity index (χ0n) is 53.8. The molecule has 0 bridgehead atoms. The molecule has 470 valence electrons. The molecule has 2 unspecified atom stereocenters. The highest BCUT2D eigenvalue weighted by Crippen LogP contribution is 2.18. The summed E-state index contributed by atoms with van der Waals surface area (Å²) >= 11 is 0. The molecule has 0 aliphatic heterocycles. The standard InChI is InChI=1S/C74H139NO5/c1-3-5-7-9-11-13-15-17-18-19-20-21-31-34-37-40-43-46-50-54-58-62-66-72(77)71(70-76)75-73(78)67-63-59-55-51-47-44-41-38-35-32-29-27-25-23-22-24-26-28-30-33-36-39-42-45-49-53-57-61-65-69-80-74(79)68-64-60-56-52-48-16-14-12-10-8-6-4-2/h12,14,22,24,28,30,62,66,71-72,76-77H,3-11,13,15-21,23,25-27,29,31-61,63-65,67-70H2,1-2H3,(H,75,78)/b14-12-,24-22-,30-28-,66-62+. The van der Waals surface area contributed by atoms with Gasteiger partial charge in [-0.15, -0.1) is 0 Å². The summed E-state index contributed by atoms with van der Waals surface area (Å²) in [7, 11) is 0. The number of hydrogen-bond donors (Lipinski definition) is 3. The quantitative estimate of drug-likeness (QED) is 0.0320. The van der Waals surface area contributed by atoms with Gasteiger partial charge in [0.05, 0.1) is 25.4 Å². The SMILES string of the molecule is CCCCC/C=C\CCCCCCCC(=O)OCCCCCCCCCCC/C=C\C/C=C\CCCCCCCCCCCCCCCC(=O)NC(CO)C(O)/C=C/CCCCCCCCCCCCCCCCCCCCCC. The van der Waals surface area contributed by atoms with Crippen LogP contribution in [-0.4, -0.2) is 47.4 Å². The molecular formula is C74H139NO5. The molecule has 0 aliphatic rings. The van der Waals surface area contributed by atoms with Crippen LogP contribution in [0, 0.1) is 0 Å². The zero-order valence-corrected chi connectivity index (χ0v) is 53.8. The topological polar surface area (TPSA) is 95.9 Å². The largest absolute Gasteiger partial charge is 0.466 e. The molecule has 0 saturated carbocycles. The number of rotatable bonds is 67. The average molecular weight is 1120 g/mol. The Hall–Kier alpha value is -2.18. The van der Waals surface area contributed by atoms with Gasteiger partial charge in [0.25, 0.3) is 0 Å². The molecule has 0 aromatic heterocycles. The summed E-state index contributed by atoms with van der Waals surface area (Å²) in [5.41, 5.74) is 0. The van der Waals surface area contributed by atoms with Crippen molar-refractivity contribution in [1.82, 2.24) is 5.32 Å². The lowest BCUT2D eigenvalue weighted by molar-refractivity contribution is -0.143. The maximum atomic E-state index is 12.5. The van der Waals surface area contributed by atoms with E-state index in [9.17, 15) is 19.8 Å². The number of hydrogen-bond acceptors (Lipinski definition) is 5. The van der Waals surface area contributed by atoms with Gasteiger partial charge < -0.3 is 20.3 Å². The first kappa shape index (κ1) is 77.8. The predicted molar refractivity (Wildman–Crippen MR) is 352 cm³/mol. The third kappa shape index (κ3) is 65.0. The van der Waals surface area contributed by atoms with Crippen LogP contribution in [0.4, 0.5) is 0 Å². The molecule has 0 saturated heterocycles. The summed E-state index contributed by atoms with van der Waals surface area (Å²) in [6, 6.07) is -0.631. The molecule has 0 spiro atoms. The Bertz CT molecular complexity index is 1340. The Morgan fingerprint density at radius 1 is 0.350 bits per heavy atom. The number of nitrogens with one attached hydrogen (secondary N) is 1. The van der Waals surface area contributed by atoms with Crippen LogP contribution in [0.25, 0.3) is 0 Å². The molecule has 0 aliphatic carbocycles. The highest BCUT2D eigenvalue weighted by Gasteiger charge is 2.18. The molecule has 6 nitrogen and oxygen atoms in total. The molecule has 0 radical (unpaired) electrons. The summed E-state index contributed by atoms with van der Waals surface area (Å²) in [5, 5.41) is 23.3. The van der Waals surface area contributed by atoms with E-state index < -0.39 is 12.1 Å². The van der Waals surface area contributed by atoms with E-state index in [-0.39, 0.29) is 18.5 Å². The van der Waals surface area contributed by atoms with Crippen molar-refractivity contribution < 1.29 is 24.5 Å². The van der Waals surface area contributed by atoms with E-state index in [4.69, 9.17) is 4.74 Å². The van der Waals surface area contributed by atoms with E-state index in [0.29, 0.717) is 19.4 Å². The molecule has 0 heterocycles. The third-order valence-corrected chi connectivity index (χ3v) is 16.6.